The molecule has 0 aliphatic carbocycles. The van der Waals surface area contributed by atoms with Crippen molar-refractivity contribution in [1.82, 2.24) is 5.32 Å². The Bertz CT molecular complexity index is 863. The number of nitrogens with one attached hydrogen (secondary N) is 1. The molecule has 2 aromatic rings. The van der Waals surface area contributed by atoms with Crippen LogP contribution in [-0.4, -0.2) is 33.5 Å². The Morgan fingerprint density at radius 3 is 2.19 bits per heavy atom. The number of hydrogen-bond acceptors (Lipinski definition) is 4. The van der Waals surface area contributed by atoms with Gasteiger partial charge in [-0.05, 0) is 56.7 Å². The maximum atomic E-state index is 13.2. The van der Waals surface area contributed by atoms with Gasteiger partial charge in [-0.15, -0.1) is 0 Å². The quantitative estimate of drug-likeness (QED) is 0.751. The molecular weight excluding hydrogens is 364 g/mol. The lowest BCUT2D eigenvalue weighted by molar-refractivity contribution is -0.121. The maximum absolute atomic E-state index is 13.2. The van der Waals surface area contributed by atoms with Crippen molar-refractivity contribution in [3.8, 4) is 5.75 Å². The largest absolute Gasteiger partial charge is 0.497 e. The Kier molecular flexibility index (Phi) is 6.49. The van der Waals surface area contributed by atoms with Crippen molar-refractivity contribution < 1.29 is 17.9 Å². The van der Waals surface area contributed by atoms with Crippen molar-refractivity contribution in [1.29, 1.82) is 0 Å². The first-order chi connectivity index (χ1) is 12.7. The molecule has 0 aliphatic rings. The van der Waals surface area contributed by atoms with Crippen LogP contribution in [0.5, 0.6) is 5.75 Å². The van der Waals surface area contributed by atoms with Gasteiger partial charge in [-0.2, -0.15) is 0 Å². The predicted octanol–water partition coefficient (Wildman–Crippen LogP) is 3.20. The Morgan fingerprint density at radius 1 is 1.07 bits per heavy atom. The van der Waals surface area contributed by atoms with E-state index in [0.717, 1.165) is 10.7 Å². The normalized spacial score (nSPS) is 11.7. The Balaban J connectivity index is 2.38. The van der Waals surface area contributed by atoms with Crippen LogP contribution in [0, 0.1) is 0 Å². The van der Waals surface area contributed by atoms with Crippen LogP contribution in [0.3, 0.4) is 0 Å². The number of anilines is 1. The summed E-state index contributed by atoms with van der Waals surface area (Å²) in [5.74, 6) is 0.199. The fraction of sp³-hybridized carbons (Fsp3) is 0.350. The second-order valence-corrected chi connectivity index (χ2v) is 8.67. The highest BCUT2D eigenvalue weighted by atomic mass is 32.2. The van der Waals surface area contributed by atoms with Gasteiger partial charge in [0, 0.05) is 5.54 Å². The smallest absolute Gasteiger partial charge is 0.264 e. The molecule has 6 nitrogen and oxygen atoms in total. The second-order valence-electron chi connectivity index (χ2n) is 6.81. The summed E-state index contributed by atoms with van der Waals surface area (Å²) < 4.78 is 32.6. The van der Waals surface area contributed by atoms with Gasteiger partial charge in [-0.3, -0.25) is 9.10 Å². The van der Waals surface area contributed by atoms with Gasteiger partial charge >= 0.3 is 0 Å². The number of nitrogens with zero attached hydrogens (tertiary/aromatic N) is 1. The van der Waals surface area contributed by atoms with Gasteiger partial charge in [0.15, 0.2) is 0 Å². The lowest BCUT2D eigenvalue weighted by Crippen LogP contribution is -2.48. The molecular formula is C20H26N2O4S. The van der Waals surface area contributed by atoms with E-state index in [1.165, 1.54) is 19.2 Å². The lowest BCUT2D eigenvalue weighted by Gasteiger charge is -2.28. The van der Waals surface area contributed by atoms with Crippen LogP contribution in [0.25, 0.3) is 0 Å². The average Bonchev–Trinajstić information content (AvgIpc) is 2.66. The molecule has 2 aromatic carbocycles. The molecule has 2 rings (SSSR count). The number of methoxy groups -OCH3 is 1. The van der Waals surface area contributed by atoms with Gasteiger partial charge < -0.3 is 10.1 Å². The van der Waals surface area contributed by atoms with E-state index in [-0.39, 0.29) is 17.3 Å². The van der Waals surface area contributed by atoms with Crippen molar-refractivity contribution in [2.24, 2.45) is 0 Å². The van der Waals surface area contributed by atoms with Crippen molar-refractivity contribution in [3.05, 3.63) is 54.6 Å². The second kappa shape index (κ2) is 8.43. The summed E-state index contributed by atoms with van der Waals surface area (Å²) in [4.78, 5) is 12.6. The zero-order chi connectivity index (χ0) is 20.1. The highest BCUT2D eigenvalue weighted by molar-refractivity contribution is 7.92. The van der Waals surface area contributed by atoms with Gasteiger partial charge in [0.25, 0.3) is 10.0 Å². The minimum absolute atomic E-state index is 0.0923. The van der Waals surface area contributed by atoms with Crippen LogP contribution in [0.1, 0.15) is 27.2 Å². The van der Waals surface area contributed by atoms with Crippen molar-refractivity contribution >= 4 is 21.6 Å². The molecule has 7 heteroatoms. The van der Waals surface area contributed by atoms with Gasteiger partial charge in [0.1, 0.15) is 12.3 Å². The van der Waals surface area contributed by atoms with Gasteiger partial charge in [-0.25, -0.2) is 8.42 Å². The maximum Gasteiger partial charge on any atom is 0.264 e. The van der Waals surface area contributed by atoms with Crippen molar-refractivity contribution in [2.45, 2.75) is 37.6 Å². The molecule has 0 radical (unpaired) electrons. The molecule has 146 valence electrons. The first kappa shape index (κ1) is 20.8. The fourth-order valence-electron chi connectivity index (χ4n) is 2.42. The zero-order valence-corrected chi connectivity index (χ0v) is 16.9. The van der Waals surface area contributed by atoms with Crippen LogP contribution >= 0.6 is 0 Å². The summed E-state index contributed by atoms with van der Waals surface area (Å²) in [6.45, 7) is 5.45. The highest BCUT2D eigenvalue weighted by Crippen LogP contribution is 2.25. The van der Waals surface area contributed by atoms with Crippen LogP contribution in [0.4, 0.5) is 5.69 Å². The minimum Gasteiger partial charge on any atom is -0.497 e. The van der Waals surface area contributed by atoms with E-state index < -0.39 is 15.6 Å². The predicted molar refractivity (Wildman–Crippen MR) is 106 cm³/mol. The van der Waals surface area contributed by atoms with E-state index in [2.05, 4.69) is 5.32 Å². The van der Waals surface area contributed by atoms with Crippen LogP contribution in [-0.2, 0) is 14.8 Å². The van der Waals surface area contributed by atoms with Gasteiger partial charge in [-0.1, -0.05) is 25.1 Å². The summed E-state index contributed by atoms with van der Waals surface area (Å²) in [7, 11) is -2.41. The lowest BCUT2D eigenvalue weighted by atomic mass is 10.0. The third-order valence-corrected chi connectivity index (χ3v) is 6.13. The van der Waals surface area contributed by atoms with E-state index in [4.69, 9.17) is 4.74 Å². The molecule has 0 heterocycles. The Hall–Kier alpha value is -2.54. The molecule has 0 aromatic heterocycles. The number of hydrogen-bond donors (Lipinski definition) is 1. The van der Waals surface area contributed by atoms with E-state index in [1.54, 1.807) is 42.5 Å². The number of carbonyl (C=O) groups is 1. The van der Waals surface area contributed by atoms with E-state index in [0.29, 0.717) is 11.4 Å². The number of sulfonamides is 1. The molecule has 0 spiro atoms. The highest BCUT2D eigenvalue weighted by Gasteiger charge is 2.28. The van der Waals surface area contributed by atoms with E-state index >= 15 is 0 Å². The summed E-state index contributed by atoms with van der Waals surface area (Å²) in [6.07, 6.45) is 0.731. The molecule has 0 aliphatic heterocycles. The standard InChI is InChI=1S/C20H26N2O4S/c1-5-20(2,3)21-19(23)15-22(16-9-7-6-8-10-16)27(24,25)18-13-11-17(26-4)12-14-18/h6-14H,5,15H2,1-4H3,(H,21,23). The summed E-state index contributed by atoms with van der Waals surface area (Å²) in [5, 5.41) is 2.88. The minimum atomic E-state index is -3.92. The van der Waals surface area contributed by atoms with E-state index in [1.807, 2.05) is 20.8 Å². The number of rotatable bonds is 8. The monoisotopic (exact) mass is 390 g/mol. The average molecular weight is 391 g/mol. The summed E-state index contributed by atoms with van der Waals surface area (Å²) in [5.41, 5.74) is 0.0151. The summed E-state index contributed by atoms with van der Waals surface area (Å²) >= 11 is 0. The van der Waals surface area contributed by atoms with Crippen molar-refractivity contribution in [3.63, 3.8) is 0 Å². The Labute approximate surface area is 161 Å². The molecule has 0 atom stereocenters. The molecule has 0 fully saturated rings. The molecule has 1 amide bonds. The molecule has 27 heavy (non-hydrogen) atoms. The topological polar surface area (TPSA) is 75.7 Å². The number of benzene rings is 2. The van der Waals surface area contributed by atoms with Crippen LogP contribution in [0.2, 0.25) is 0 Å². The molecule has 0 saturated heterocycles. The van der Waals surface area contributed by atoms with E-state index in [9.17, 15) is 13.2 Å². The number of carbonyl (C=O) groups excluding carboxylic acids is 1. The van der Waals surface area contributed by atoms with Crippen molar-refractivity contribution in [2.75, 3.05) is 18.0 Å². The third-order valence-electron chi connectivity index (χ3n) is 4.34. The third kappa shape index (κ3) is 5.23. The molecule has 0 bridgehead atoms. The van der Waals surface area contributed by atoms with Crippen LogP contribution in [0.15, 0.2) is 59.5 Å². The number of para-hydroxylation sites is 1. The number of ether oxygens (including phenoxy) is 1. The van der Waals surface area contributed by atoms with Crippen LogP contribution < -0.4 is 14.4 Å². The Morgan fingerprint density at radius 2 is 1.67 bits per heavy atom. The zero-order valence-electron chi connectivity index (χ0n) is 16.1. The SMILES string of the molecule is CCC(C)(C)NC(=O)CN(c1ccccc1)S(=O)(=O)c1ccc(OC)cc1. The fourth-order valence-corrected chi connectivity index (χ4v) is 3.84. The first-order valence-electron chi connectivity index (χ1n) is 8.72. The van der Waals surface area contributed by atoms with Gasteiger partial charge in [0.2, 0.25) is 5.91 Å². The molecule has 0 saturated carbocycles. The molecule has 0 unspecified atom stereocenters. The number of amides is 1. The molecule has 1 N–H and O–H groups in total. The summed E-state index contributed by atoms with van der Waals surface area (Å²) in [6, 6.07) is 14.7. The van der Waals surface area contributed by atoms with Gasteiger partial charge in [0.05, 0.1) is 17.7 Å². The first-order valence-corrected chi connectivity index (χ1v) is 10.2.